The average Bonchev–Trinajstić information content (AvgIpc) is 3.49. The minimum absolute atomic E-state index is 0.0223. The molecule has 0 spiro atoms. The molecule has 5 aromatic rings. The highest BCUT2D eigenvalue weighted by atomic mass is 16.6. The zero-order valence-corrected chi connectivity index (χ0v) is 21.1. The van der Waals surface area contributed by atoms with E-state index in [0.29, 0.717) is 5.46 Å². The lowest BCUT2D eigenvalue weighted by Gasteiger charge is -2.21. The number of oxime groups is 1. The fraction of sp³-hybridized carbons (Fsp3) is 0.167. The van der Waals surface area contributed by atoms with Crippen LogP contribution >= 0.6 is 0 Å². The maximum atomic E-state index is 9.58. The summed E-state index contributed by atoms with van der Waals surface area (Å²) in [4.78, 5) is 15.3. The van der Waals surface area contributed by atoms with Gasteiger partial charge in [-0.25, -0.2) is 0 Å². The predicted octanol–water partition coefficient (Wildman–Crippen LogP) is 4.29. The van der Waals surface area contributed by atoms with Crippen LogP contribution in [0.25, 0.3) is 22.2 Å². The maximum absolute atomic E-state index is 9.58. The molecule has 188 valence electrons. The van der Waals surface area contributed by atoms with Crippen LogP contribution in [0, 0.1) is 0 Å². The molecule has 1 aliphatic heterocycles. The Bertz CT molecular complexity index is 1560. The third kappa shape index (κ3) is 4.28. The highest BCUT2D eigenvalue weighted by Crippen LogP contribution is 2.38. The van der Waals surface area contributed by atoms with Crippen LogP contribution < -0.4 is 5.46 Å². The number of nitrogens with zero attached hydrogens (tertiary/aromatic N) is 4. The van der Waals surface area contributed by atoms with Crippen molar-refractivity contribution in [3.05, 3.63) is 114 Å². The van der Waals surface area contributed by atoms with Gasteiger partial charge in [0, 0.05) is 24.2 Å². The van der Waals surface area contributed by atoms with Crippen LogP contribution in [0.5, 0.6) is 0 Å². The molecule has 3 aromatic heterocycles. The number of benzene rings is 2. The van der Waals surface area contributed by atoms with Crippen molar-refractivity contribution >= 4 is 29.3 Å². The van der Waals surface area contributed by atoms with E-state index in [1.807, 2.05) is 74.8 Å². The second kappa shape index (κ2) is 9.89. The van der Waals surface area contributed by atoms with Crippen LogP contribution in [0.2, 0.25) is 0 Å². The fourth-order valence-corrected chi connectivity index (χ4v) is 5.36. The van der Waals surface area contributed by atoms with Gasteiger partial charge in [0.05, 0.1) is 28.4 Å². The van der Waals surface area contributed by atoms with Crippen molar-refractivity contribution in [2.75, 3.05) is 0 Å². The Balaban J connectivity index is 1.60. The molecule has 2 N–H and O–H groups in total. The van der Waals surface area contributed by atoms with Crippen molar-refractivity contribution in [3.8, 4) is 11.1 Å². The molecule has 0 aliphatic carbocycles. The molecule has 0 fully saturated rings. The Kier molecular flexibility index (Phi) is 6.27. The van der Waals surface area contributed by atoms with Crippen LogP contribution in [0.1, 0.15) is 42.6 Å². The molecule has 6 rings (SSSR count). The second-order valence-corrected chi connectivity index (χ2v) is 9.67. The lowest BCUT2D eigenvalue weighted by molar-refractivity contribution is 0.0904. The number of pyridine rings is 2. The van der Waals surface area contributed by atoms with Crippen molar-refractivity contribution in [1.29, 1.82) is 0 Å². The normalized spacial score (nSPS) is 17.7. The lowest BCUT2D eigenvalue weighted by atomic mass is 9.80. The summed E-state index contributed by atoms with van der Waals surface area (Å²) in [6, 6.07) is 25.5. The SMILES string of the molecule is CC1=NOC(C)C1c1cnc2c(-c3ccc(B(O)O)cc3)cn([C@H](c3ccccc3)c3ccccn3)c2c1. The molecule has 0 amide bonds. The first-order chi connectivity index (χ1) is 18.5. The van der Waals surface area contributed by atoms with Crippen LogP contribution in [-0.4, -0.2) is 43.5 Å². The first-order valence-electron chi connectivity index (χ1n) is 12.6. The van der Waals surface area contributed by atoms with Gasteiger partial charge in [0.15, 0.2) is 0 Å². The zero-order chi connectivity index (χ0) is 26.2. The molecule has 2 unspecified atom stereocenters. The Hall–Kier alpha value is -4.27. The first-order valence-corrected chi connectivity index (χ1v) is 12.6. The molecular weight excluding hydrogens is 475 g/mol. The van der Waals surface area contributed by atoms with Gasteiger partial charge in [-0.2, -0.15) is 0 Å². The summed E-state index contributed by atoms with van der Waals surface area (Å²) in [6.45, 7) is 4.01. The van der Waals surface area contributed by atoms with Gasteiger partial charge in [0.1, 0.15) is 12.1 Å². The lowest BCUT2D eigenvalue weighted by Crippen LogP contribution is -2.29. The van der Waals surface area contributed by atoms with E-state index in [0.717, 1.165) is 44.7 Å². The monoisotopic (exact) mass is 502 g/mol. The molecule has 0 saturated carbocycles. The van der Waals surface area contributed by atoms with Crippen molar-refractivity contribution in [2.24, 2.45) is 5.16 Å². The Labute approximate surface area is 221 Å². The van der Waals surface area contributed by atoms with Crippen LogP contribution in [0.3, 0.4) is 0 Å². The summed E-state index contributed by atoms with van der Waals surface area (Å²) in [6.07, 6.45) is 5.77. The van der Waals surface area contributed by atoms with Gasteiger partial charge in [0.2, 0.25) is 0 Å². The highest BCUT2D eigenvalue weighted by molar-refractivity contribution is 6.58. The minimum atomic E-state index is -1.52. The average molecular weight is 502 g/mol. The van der Waals surface area contributed by atoms with Crippen LogP contribution in [0.4, 0.5) is 0 Å². The van der Waals surface area contributed by atoms with Gasteiger partial charge in [-0.05, 0) is 54.2 Å². The van der Waals surface area contributed by atoms with E-state index in [-0.39, 0.29) is 18.1 Å². The summed E-state index contributed by atoms with van der Waals surface area (Å²) >= 11 is 0. The van der Waals surface area contributed by atoms with E-state index in [2.05, 4.69) is 34.1 Å². The number of fused-ring (bicyclic) bond motifs is 1. The summed E-state index contributed by atoms with van der Waals surface area (Å²) < 4.78 is 2.24. The molecule has 2 aromatic carbocycles. The maximum Gasteiger partial charge on any atom is 0.488 e. The van der Waals surface area contributed by atoms with Crippen molar-refractivity contribution in [3.63, 3.8) is 0 Å². The number of rotatable bonds is 6. The molecule has 0 bridgehead atoms. The molecule has 4 heterocycles. The molecular formula is C30H27BN4O3. The van der Waals surface area contributed by atoms with E-state index in [1.54, 1.807) is 12.1 Å². The first kappa shape index (κ1) is 24.1. The largest absolute Gasteiger partial charge is 0.488 e. The summed E-state index contributed by atoms with van der Waals surface area (Å²) in [5, 5.41) is 23.4. The van der Waals surface area contributed by atoms with Gasteiger partial charge >= 0.3 is 7.12 Å². The molecule has 8 heteroatoms. The van der Waals surface area contributed by atoms with Gasteiger partial charge in [-0.15, -0.1) is 0 Å². The van der Waals surface area contributed by atoms with E-state index in [1.165, 1.54) is 0 Å². The Morgan fingerprint density at radius 3 is 2.37 bits per heavy atom. The number of hydrogen-bond donors (Lipinski definition) is 2. The Morgan fingerprint density at radius 2 is 1.71 bits per heavy atom. The van der Waals surface area contributed by atoms with Crippen molar-refractivity contribution in [1.82, 2.24) is 14.5 Å². The van der Waals surface area contributed by atoms with Crippen LogP contribution in [0.15, 0.2) is 103 Å². The topological polar surface area (TPSA) is 92.8 Å². The fourth-order valence-electron chi connectivity index (χ4n) is 5.36. The van der Waals surface area contributed by atoms with E-state index in [4.69, 9.17) is 14.8 Å². The third-order valence-corrected chi connectivity index (χ3v) is 7.21. The standard InChI is InChI=1S/C30H27BN4O3/c1-19-28(20(2)38-34-19)23-16-27-29(33-17-23)25(21-11-13-24(14-12-21)31(36)37)18-35(27)30(22-8-4-3-5-9-22)26-10-6-7-15-32-26/h3-18,20,28,30,36-37H,1-2H3/t20?,28?,30-/m1/s1. The predicted molar refractivity (Wildman–Crippen MR) is 149 cm³/mol. The highest BCUT2D eigenvalue weighted by Gasteiger charge is 2.31. The second-order valence-electron chi connectivity index (χ2n) is 9.67. The van der Waals surface area contributed by atoms with Gasteiger partial charge in [0.25, 0.3) is 0 Å². The molecule has 1 aliphatic rings. The van der Waals surface area contributed by atoms with E-state index in [9.17, 15) is 10.0 Å². The number of aromatic nitrogens is 3. The quantitative estimate of drug-likeness (QED) is 0.338. The van der Waals surface area contributed by atoms with Gasteiger partial charge < -0.3 is 19.5 Å². The summed E-state index contributed by atoms with van der Waals surface area (Å²) in [7, 11) is -1.52. The third-order valence-electron chi connectivity index (χ3n) is 7.21. The van der Waals surface area contributed by atoms with Crippen molar-refractivity contribution < 1.29 is 14.9 Å². The summed E-state index contributed by atoms with van der Waals surface area (Å²) in [5.74, 6) is 0.0223. The van der Waals surface area contributed by atoms with Gasteiger partial charge in [-0.1, -0.05) is 65.8 Å². The smallest absolute Gasteiger partial charge is 0.423 e. The zero-order valence-electron chi connectivity index (χ0n) is 21.1. The van der Waals surface area contributed by atoms with Crippen LogP contribution in [-0.2, 0) is 4.84 Å². The molecule has 38 heavy (non-hydrogen) atoms. The molecule has 7 nitrogen and oxygen atoms in total. The van der Waals surface area contributed by atoms with Gasteiger partial charge in [-0.3, -0.25) is 9.97 Å². The number of hydrogen-bond acceptors (Lipinski definition) is 6. The molecule has 3 atom stereocenters. The van der Waals surface area contributed by atoms with E-state index >= 15 is 0 Å². The van der Waals surface area contributed by atoms with Crippen molar-refractivity contribution in [2.45, 2.75) is 31.9 Å². The molecule has 0 saturated heterocycles. The summed E-state index contributed by atoms with van der Waals surface area (Å²) in [5.41, 5.74) is 8.13. The Morgan fingerprint density at radius 1 is 0.947 bits per heavy atom. The van der Waals surface area contributed by atoms with E-state index < -0.39 is 7.12 Å². The minimum Gasteiger partial charge on any atom is -0.423 e. The molecule has 0 radical (unpaired) electrons.